The molecule has 2 rings (SSSR count). The zero-order valence-corrected chi connectivity index (χ0v) is 8.89. The van der Waals surface area contributed by atoms with Crippen molar-refractivity contribution in [1.29, 1.82) is 0 Å². The third-order valence-electron chi connectivity index (χ3n) is 2.73. The van der Waals surface area contributed by atoms with Gasteiger partial charge in [-0.2, -0.15) is 13.1 Å². The van der Waals surface area contributed by atoms with E-state index in [1.165, 1.54) is 0 Å². The van der Waals surface area contributed by atoms with E-state index in [4.69, 9.17) is 5.73 Å². The van der Waals surface area contributed by atoms with Crippen molar-refractivity contribution in [1.82, 2.24) is 9.44 Å². The predicted molar refractivity (Wildman–Crippen MR) is 53.8 cm³/mol. The lowest BCUT2D eigenvalue weighted by Crippen LogP contribution is -2.45. The average Bonchev–Trinajstić information content (AvgIpc) is 2.79. The maximum absolute atomic E-state index is 11.4. The Kier molecular flexibility index (Phi) is 2.79. The third-order valence-corrected chi connectivity index (χ3v) is 3.92. The predicted octanol–water partition coefficient (Wildman–Crippen LogP) is -0.690. The van der Waals surface area contributed by atoms with Gasteiger partial charge in [-0.25, -0.2) is 4.72 Å². The SMILES string of the molecule is NC1CC(CNS(=O)(=O)NC2CC2)C1. The van der Waals surface area contributed by atoms with Crippen molar-refractivity contribution in [3.05, 3.63) is 0 Å². The van der Waals surface area contributed by atoms with Crippen LogP contribution in [0.3, 0.4) is 0 Å². The van der Waals surface area contributed by atoms with E-state index in [0.29, 0.717) is 12.5 Å². The van der Waals surface area contributed by atoms with Crippen LogP contribution in [0.4, 0.5) is 0 Å². The molecule has 4 N–H and O–H groups in total. The van der Waals surface area contributed by atoms with Crippen LogP contribution in [0.15, 0.2) is 0 Å². The van der Waals surface area contributed by atoms with E-state index in [-0.39, 0.29) is 12.1 Å². The second kappa shape index (κ2) is 3.77. The Morgan fingerprint density at radius 3 is 2.43 bits per heavy atom. The summed E-state index contributed by atoms with van der Waals surface area (Å²) in [6, 6.07) is 0.456. The van der Waals surface area contributed by atoms with E-state index in [0.717, 1.165) is 25.7 Å². The number of rotatable bonds is 5. The van der Waals surface area contributed by atoms with Gasteiger partial charge in [-0.05, 0) is 31.6 Å². The molecule has 6 heteroatoms. The summed E-state index contributed by atoms with van der Waals surface area (Å²) in [5.41, 5.74) is 5.61. The minimum absolute atomic E-state index is 0.177. The van der Waals surface area contributed by atoms with Gasteiger partial charge in [-0.1, -0.05) is 0 Å². The molecule has 2 aliphatic carbocycles. The number of nitrogens with two attached hydrogens (primary N) is 1. The largest absolute Gasteiger partial charge is 0.328 e. The Morgan fingerprint density at radius 2 is 1.93 bits per heavy atom. The van der Waals surface area contributed by atoms with Crippen LogP contribution < -0.4 is 15.2 Å². The molecule has 5 nitrogen and oxygen atoms in total. The summed E-state index contributed by atoms with van der Waals surface area (Å²) >= 11 is 0. The van der Waals surface area contributed by atoms with E-state index in [1.54, 1.807) is 0 Å². The summed E-state index contributed by atoms with van der Waals surface area (Å²) in [6.07, 6.45) is 3.81. The Labute approximate surface area is 84.6 Å². The first kappa shape index (κ1) is 10.4. The van der Waals surface area contributed by atoms with E-state index >= 15 is 0 Å². The molecule has 0 heterocycles. The van der Waals surface area contributed by atoms with Gasteiger partial charge in [0.1, 0.15) is 0 Å². The summed E-state index contributed by atoms with van der Waals surface area (Å²) in [7, 11) is -3.25. The van der Waals surface area contributed by atoms with Gasteiger partial charge < -0.3 is 5.73 Å². The van der Waals surface area contributed by atoms with Crippen LogP contribution >= 0.6 is 0 Å². The molecule has 14 heavy (non-hydrogen) atoms. The van der Waals surface area contributed by atoms with E-state index in [1.807, 2.05) is 0 Å². The smallest absolute Gasteiger partial charge is 0.277 e. The van der Waals surface area contributed by atoms with Crippen LogP contribution in [0.25, 0.3) is 0 Å². The van der Waals surface area contributed by atoms with Crippen LogP contribution in [-0.4, -0.2) is 27.0 Å². The van der Waals surface area contributed by atoms with Crippen LogP contribution in [-0.2, 0) is 10.2 Å². The van der Waals surface area contributed by atoms with Gasteiger partial charge in [0, 0.05) is 18.6 Å². The summed E-state index contributed by atoms with van der Waals surface area (Å²) < 4.78 is 27.8. The van der Waals surface area contributed by atoms with Crippen molar-refractivity contribution in [3.8, 4) is 0 Å². The van der Waals surface area contributed by atoms with Crippen molar-refractivity contribution in [2.45, 2.75) is 37.8 Å². The van der Waals surface area contributed by atoms with Gasteiger partial charge in [-0.3, -0.25) is 0 Å². The highest BCUT2D eigenvalue weighted by Gasteiger charge is 2.29. The van der Waals surface area contributed by atoms with Crippen LogP contribution in [0.5, 0.6) is 0 Å². The maximum Gasteiger partial charge on any atom is 0.277 e. The highest BCUT2D eigenvalue weighted by molar-refractivity contribution is 7.87. The molecule has 2 saturated carbocycles. The first-order chi connectivity index (χ1) is 6.55. The molecule has 0 spiro atoms. The fraction of sp³-hybridized carbons (Fsp3) is 1.00. The van der Waals surface area contributed by atoms with Gasteiger partial charge >= 0.3 is 0 Å². The number of hydrogen-bond donors (Lipinski definition) is 3. The zero-order valence-electron chi connectivity index (χ0n) is 8.07. The highest BCUT2D eigenvalue weighted by Crippen LogP contribution is 2.24. The van der Waals surface area contributed by atoms with Crippen LogP contribution in [0, 0.1) is 5.92 Å². The van der Waals surface area contributed by atoms with Gasteiger partial charge in [0.15, 0.2) is 0 Å². The molecule has 0 aromatic heterocycles. The minimum atomic E-state index is -3.25. The van der Waals surface area contributed by atoms with E-state index < -0.39 is 10.2 Å². The zero-order chi connectivity index (χ0) is 10.2. The van der Waals surface area contributed by atoms with Gasteiger partial charge in [0.2, 0.25) is 0 Å². The summed E-state index contributed by atoms with van der Waals surface area (Å²) in [5, 5.41) is 0. The molecule has 0 atom stereocenters. The summed E-state index contributed by atoms with van der Waals surface area (Å²) in [5.74, 6) is 0.431. The summed E-state index contributed by atoms with van der Waals surface area (Å²) in [4.78, 5) is 0. The monoisotopic (exact) mass is 219 g/mol. The molecule has 2 fully saturated rings. The van der Waals surface area contributed by atoms with E-state index in [9.17, 15) is 8.42 Å². The van der Waals surface area contributed by atoms with Crippen LogP contribution in [0.2, 0.25) is 0 Å². The maximum atomic E-state index is 11.4. The van der Waals surface area contributed by atoms with Crippen LogP contribution in [0.1, 0.15) is 25.7 Å². The highest BCUT2D eigenvalue weighted by atomic mass is 32.2. The molecule has 0 radical (unpaired) electrons. The molecule has 0 aromatic rings. The second-order valence-electron chi connectivity index (χ2n) is 4.34. The molecule has 0 bridgehead atoms. The topological polar surface area (TPSA) is 84.2 Å². The molecule has 82 valence electrons. The molecule has 0 amide bonds. The summed E-state index contributed by atoms with van der Waals surface area (Å²) in [6.45, 7) is 0.524. The fourth-order valence-electron chi connectivity index (χ4n) is 1.64. The first-order valence-electron chi connectivity index (χ1n) is 5.07. The van der Waals surface area contributed by atoms with Crippen molar-refractivity contribution < 1.29 is 8.42 Å². The Morgan fingerprint density at radius 1 is 1.29 bits per heavy atom. The standard InChI is InChI=1S/C8H17N3O2S/c9-7-3-6(4-7)5-10-14(12,13)11-8-1-2-8/h6-8,10-11H,1-5,9H2. The average molecular weight is 219 g/mol. The Bertz CT molecular complexity index is 294. The molecule has 0 unspecified atom stereocenters. The van der Waals surface area contributed by atoms with E-state index in [2.05, 4.69) is 9.44 Å². The molecule has 0 aliphatic heterocycles. The second-order valence-corrected chi connectivity index (χ2v) is 5.87. The van der Waals surface area contributed by atoms with Gasteiger partial charge in [-0.15, -0.1) is 0 Å². The van der Waals surface area contributed by atoms with Crippen molar-refractivity contribution in [3.63, 3.8) is 0 Å². The molecule has 0 aromatic carbocycles. The molecule has 0 saturated heterocycles. The lowest BCUT2D eigenvalue weighted by Gasteiger charge is -2.32. The fourth-order valence-corrected chi connectivity index (χ4v) is 2.86. The Hall–Kier alpha value is -0.170. The number of hydrogen-bond acceptors (Lipinski definition) is 3. The Balaban J connectivity index is 1.68. The first-order valence-corrected chi connectivity index (χ1v) is 6.56. The molecular weight excluding hydrogens is 202 g/mol. The molecule has 2 aliphatic rings. The third kappa shape index (κ3) is 2.91. The molecular formula is C8H17N3O2S. The van der Waals surface area contributed by atoms with Crippen molar-refractivity contribution in [2.75, 3.05) is 6.54 Å². The minimum Gasteiger partial charge on any atom is -0.328 e. The lowest BCUT2D eigenvalue weighted by molar-refractivity contribution is 0.267. The number of nitrogens with one attached hydrogen (secondary N) is 2. The van der Waals surface area contributed by atoms with Crippen molar-refractivity contribution >= 4 is 10.2 Å². The lowest BCUT2D eigenvalue weighted by atomic mass is 9.81. The van der Waals surface area contributed by atoms with Crippen molar-refractivity contribution in [2.24, 2.45) is 11.7 Å². The van der Waals surface area contributed by atoms with Gasteiger partial charge in [0.05, 0.1) is 0 Å². The quantitative estimate of drug-likeness (QED) is 0.572. The normalized spacial score (nSPS) is 32.6. The van der Waals surface area contributed by atoms with Gasteiger partial charge in [0.25, 0.3) is 10.2 Å².